The lowest BCUT2D eigenvalue weighted by atomic mass is 10.0. The normalized spacial score (nSPS) is 11.9. The third-order valence-corrected chi connectivity index (χ3v) is 4.59. The minimum Gasteiger partial charge on any atom is -0.345 e. The average Bonchev–Trinajstić information content (AvgIpc) is 3.01. The quantitative estimate of drug-likeness (QED) is 0.710. The Hall–Kier alpha value is -2.08. The second-order valence-electron chi connectivity index (χ2n) is 5.61. The maximum atomic E-state index is 12.2. The largest absolute Gasteiger partial charge is 0.345 e. The van der Waals surface area contributed by atoms with Crippen molar-refractivity contribution in [2.75, 3.05) is 5.75 Å². The van der Waals surface area contributed by atoms with E-state index in [9.17, 15) is 9.59 Å². The van der Waals surface area contributed by atoms with Crippen molar-refractivity contribution in [2.45, 2.75) is 44.4 Å². The summed E-state index contributed by atoms with van der Waals surface area (Å²) >= 11 is 1.39. The van der Waals surface area contributed by atoms with Crippen LogP contribution in [0.2, 0.25) is 0 Å². The highest BCUT2D eigenvalue weighted by molar-refractivity contribution is 7.99. The minimum absolute atomic E-state index is 0.0373. The van der Waals surface area contributed by atoms with E-state index in [0.29, 0.717) is 6.42 Å². The van der Waals surface area contributed by atoms with E-state index in [1.807, 2.05) is 41.1 Å². The Morgan fingerprint density at radius 2 is 2.04 bits per heavy atom. The number of aromatic nitrogens is 2. The van der Waals surface area contributed by atoms with Crippen LogP contribution in [0.5, 0.6) is 0 Å². The van der Waals surface area contributed by atoms with Crippen LogP contribution >= 0.6 is 11.8 Å². The fourth-order valence-corrected chi connectivity index (χ4v) is 3.16. The molecule has 0 spiro atoms. The smallest absolute Gasteiger partial charge is 0.231 e. The summed E-state index contributed by atoms with van der Waals surface area (Å²) in [6, 6.07) is 9.21. The number of carbonyl (C=O) groups is 2. The molecule has 1 heterocycles. The van der Waals surface area contributed by atoms with Crippen molar-refractivity contribution < 1.29 is 9.59 Å². The summed E-state index contributed by atoms with van der Waals surface area (Å²) in [7, 11) is 0. The topological polar surface area (TPSA) is 64.0 Å². The fourth-order valence-electron chi connectivity index (χ4n) is 2.36. The Morgan fingerprint density at radius 3 is 2.71 bits per heavy atom. The fraction of sp³-hybridized carbons (Fsp3) is 0.389. The van der Waals surface area contributed by atoms with Crippen molar-refractivity contribution in [3.63, 3.8) is 0 Å². The van der Waals surface area contributed by atoms with Crippen molar-refractivity contribution in [3.8, 4) is 0 Å². The lowest BCUT2D eigenvalue weighted by Crippen LogP contribution is -2.42. The molecule has 0 aliphatic carbocycles. The number of carbonyl (C=O) groups excluding carboxylic acids is 2. The van der Waals surface area contributed by atoms with Gasteiger partial charge in [-0.2, -0.15) is 0 Å². The van der Waals surface area contributed by atoms with Gasteiger partial charge < -0.3 is 9.88 Å². The highest BCUT2D eigenvalue weighted by atomic mass is 32.2. The lowest BCUT2D eigenvalue weighted by molar-refractivity contribution is -0.125. The van der Waals surface area contributed by atoms with Crippen LogP contribution in [0.15, 0.2) is 47.9 Å². The molecule has 1 aromatic heterocycles. The summed E-state index contributed by atoms with van der Waals surface area (Å²) in [5.74, 6) is 0.0612. The monoisotopic (exact) mass is 345 g/mol. The van der Waals surface area contributed by atoms with Gasteiger partial charge in [0.25, 0.3) is 0 Å². The molecule has 0 radical (unpaired) electrons. The van der Waals surface area contributed by atoms with E-state index in [1.165, 1.54) is 18.7 Å². The molecule has 6 heteroatoms. The van der Waals surface area contributed by atoms with Gasteiger partial charge in [0.2, 0.25) is 5.91 Å². The van der Waals surface area contributed by atoms with E-state index in [-0.39, 0.29) is 17.4 Å². The standard InChI is InChI=1S/C18H23N3O2S/c1-3-10-21-11-9-19-18(21)24-13-17(23)20-16(14(2)22)12-15-7-5-4-6-8-15/h4-9,11,16H,3,10,12-13H2,1-2H3,(H,20,23). The number of amides is 1. The van der Waals surface area contributed by atoms with Crippen LogP contribution in [0, 0.1) is 0 Å². The molecule has 1 amide bonds. The van der Waals surface area contributed by atoms with E-state index in [1.54, 1.807) is 6.20 Å². The first-order chi connectivity index (χ1) is 11.6. The van der Waals surface area contributed by atoms with E-state index in [0.717, 1.165) is 23.7 Å². The Kier molecular flexibility index (Phi) is 7.06. The first kappa shape index (κ1) is 18.3. The Bertz CT molecular complexity index is 670. The number of ketones is 1. The van der Waals surface area contributed by atoms with Crippen molar-refractivity contribution in [3.05, 3.63) is 48.3 Å². The molecule has 0 aliphatic rings. The molecular formula is C18H23N3O2S. The summed E-state index contributed by atoms with van der Waals surface area (Å²) in [6.07, 6.45) is 5.18. The average molecular weight is 345 g/mol. The van der Waals surface area contributed by atoms with Crippen LogP contribution in [0.3, 0.4) is 0 Å². The summed E-state index contributed by atoms with van der Waals surface area (Å²) in [4.78, 5) is 28.3. The number of thioether (sulfide) groups is 1. The second kappa shape index (κ2) is 9.27. The SMILES string of the molecule is CCCn1ccnc1SCC(=O)NC(Cc1ccccc1)C(C)=O. The molecule has 1 unspecified atom stereocenters. The summed E-state index contributed by atoms with van der Waals surface area (Å²) < 4.78 is 2.03. The second-order valence-corrected chi connectivity index (χ2v) is 6.55. The molecule has 0 bridgehead atoms. The Morgan fingerprint density at radius 1 is 1.29 bits per heavy atom. The van der Waals surface area contributed by atoms with Gasteiger partial charge in [0, 0.05) is 18.9 Å². The van der Waals surface area contributed by atoms with Gasteiger partial charge in [-0.05, 0) is 25.3 Å². The molecule has 128 valence electrons. The molecule has 2 rings (SSSR count). The van der Waals surface area contributed by atoms with Crippen LogP contribution in [0.1, 0.15) is 25.8 Å². The van der Waals surface area contributed by atoms with E-state index in [2.05, 4.69) is 17.2 Å². The third kappa shape index (κ3) is 5.53. The number of benzene rings is 1. The number of imidazole rings is 1. The van der Waals surface area contributed by atoms with Gasteiger partial charge in [0.15, 0.2) is 10.9 Å². The molecule has 0 aliphatic heterocycles. The molecule has 24 heavy (non-hydrogen) atoms. The van der Waals surface area contributed by atoms with Gasteiger partial charge in [0.05, 0.1) is 11.8 Å². The summed E-state index contributed by atoms with van der Waals surface area (Å²) in [5.41, 5.74) is 1.03. The van der Waals surface area contributed by atoms with E-state index >= 15 is 0 Å². The molecule has 2 aromatic rings. The van der Waals surface area contributed by atoms with Gasteiger partial charge in [-0.3, -0.25) is 9.59 Å². The Balaban J connectivity index is 1.88. The number of hydrogen-bond acceptors (Lipinski definition) is 4. The van der Waals surface area contributed by atoms with Crippen molar-refractivity contribution >= 4 is 23.5 Å². The maximum absolute atomic E-state index is 12.2. The van der Waals surface area contributed by atoms with Crippen LogP contribution < -0.4 is 5.32 Å². The zero-order chi connectivity index (χ0) is 17.4. The third-order valence-electron chi connectivity index (χ3n) is 3.58. The van der Waals surface area contributed by atoms with Crippen molar-refractivity contribution in [1.29, 1.82) is 0 Å². The van der Waals surface area contributed by atoms with Crippen LogP contribution in [-0.2, 0) is 22.6 Å². The maximum Gasteiger partial charge on any atom is 0.231 e. The van der Waals surface area contributed by atoms with Crippen LogP contribution in [-0.4, -0.2) is 33.0 Å². The molecule has 5 nitrogen and oxygen atoms in total. The molecule has 0 saturated heterocycles. The zero-order valence-corrected chi connectivity index (χ0v) is 14.9. The predicted octanol–water partition coefficient (Wildman–Crippen LogP) is 2.70. The number of nitrogens with zero attached hydrogens (tertiary/aromatic N) is 2. The first-order valence-electron chi connectivity index (χ1n) is 8.07. The van der Waals surface area contributed by atoms with Crippen LogP contribution in [0.25, 0.3) is 0 Å². The van der Waals surface area contributed by atoms with Gasteiger partial charge in [-0.25, -0.2) is 4.98 Å². The lowest BCUT2D eigenvalue weighted by Gasteiger charge is -2.16. The minimum atomic E-state index is -0.490. The van der Waals surface area contributed by atoms with E-state index in [4.69, 9.17) is 0 Å². The van der Waals surface area contributed by atoms with Crippen molar-refractivity contribution in [2.24, 2.45) is 0 Å². The van der Waals surface area contributed by atoms with Gasteiger partial charge >= 0.3 is 0 Å². The summed E-state index contributed by atoms with van der Waals surface area (Å²) in [5, 5.41) is 3.66. The molecule has 1 N–H and O–H groups in total. The van der Waals surface area contributed by atoms with Gasteiger partial charge in [-0.1, -0.05) is 49.0 Å². The van der Waals surface area contributed by atoms with E-state index < -0.39 is 6.04 Å². The Labute approximate surface area is 146 Å². The highest BCUT2D eigenvalue weighted by Crippen LogP contribution is 2.16. The molecule has 0 fully saturated rings. The number of nitrogens with one attached hydrogen (secondary N) is 1. The first-order valence-corrected chi connectivity index (χ1v) is 9.06. The molecular weight excluding hydrogens is 322 g/mol. The molecule has 1 aromatic carbocycles. The number of rotatable bonds is 9. The number of Topliss-reactive ketones (excluding diaryl/α,β-unsaturated/α-hetero) is 1. The zero-order valence-electron chi connectivity index (χ0n) is 14.1. The number of aryl methyl sites for hydroxylation is 1. The van der Waals surface area contributed by atoms with Gasteiger partial charge in [0.1, 0.15) is 0 Å². The molecule has 1 atom stereocenters. The highest BCUT2D eigenvalue weighted by Gasteiger charge is 2.18. The van der Waals surface area contributed by atoms with Gasteiger partial charge in [-0.15, -0.1) is 0 Å². The van der Waals surface area contributed by atoms with Crippen LogP contribution in [0.4, 0.5) is 0 Å². The predicted molar refractivity (Wildman–Crippen MR) is 96.0 cm³/mol. The van der Waals surface area contributed by atoms with Crippen molar-refractivity contribution in [1.82, 2.24) is 14.9 Å². The number of hydrogen-bond donors (Lipinski definition) is 1. The molecule has 0 saturated carbocycles. The summed E-state index contributed by atoms with van der Waals surface area (Å²) in [6.45, 7) is 4.49.